The Morgan fingerprint density at radius 1 is 1.24 bits per heavy atom. The minimum Gasteiger partial charge on any atom is -0.317 e. The van der Waals surface area contributed by atoms with Crippen LogP contribution in [0.4, 0.5) is 0 Å². The number of rotatable bonds is 9. The Hall–Kier alpha value is -0.170. The highest BCUT2D eigenvalue weighted by Crippen LogP contribution is 2.10. The fraction of sp³-hybridized carbons (Fsp3) is 1.00. The predicted octanol–water partition coefficient (Wildman–Crippen LogP) is 0.941. The molecule has 0 fully saturated rings. The van der Waals surface area contributed by atoms with E-state index in [9.17, 15) is 8.42 Å². The topological polar surface area (TPSA) is 61.4 Å². The van der Waals surface area contributed by atoms with Gasteiger partial charge in [0, 0.05) is 19.1 Å². The van der Waals surface area contributed by atoms with Crippen LogP contribution in [0.5, 0.6) is 0 Å². The molecule has 17 heavy (non-hydrogen) atoms. The summed E-state index contributed by atoms with van der Waals surface area (Å²) >= 11 is 0. The van der Waals surface area contributed by atoms with E-state index in [1.165, 1.54) is 4.31 Å². The highest BCUT2D eigenvalue weighted by atomic mass is 32.2. The zero-order chi connectivity index (χ0) is 13.5. The molecule has 2 N–H and O–H groups in total. The first kappa shape index (κ1) is 16.8. The molecule has 0 saturated heterocycles. The van der Waals surface area contributed by atoms with E-state index in [0.29, 0.717) is 6.54 Å². The van der Waals surface area contributed by atoms with Gasteiger partial charge in [-0.2, -0.15) is 17.4 Å². The molecule has 0 spiro atoms. The van der Waals surface area contributed by atoms with Crippen molar-refractivity contribution in [1.29, 1.82) is 0 Å². The second-order valence-electron chi connectivity index (χ2n) is 4.87. The van der Waals surface area contributed by atoms with Crippen LogP contribution in [-0.4, -0.2) is 44.9 Å². The molecule has 0 aliphatic carbocycles. The molecule has 0 aromatic carbocycles. The molecule has 104 valence electrons. The first-order valence-electron chi connectivity index (χ1n) is 6.21. The van der Waals surface area contributed by atoms with E-state index < -0.39 is 15.7 Å². The van der Waals surface area contributed by atoms with Crippen molar-refractivity contribution in [2.24, 2.45) is 0 Å². The van der Waals surface area contributed by atoms with Crippen LogP contribution in [0.25, 0.3) is 0 Å². The van der Waals surface area contributed by atoms with Gasteiger partial charge in [-0.3, -0.25) is 0 Å². The van der Waals surface area contributed by atoms with E-state index in [1.807, 2.05) is 27.7 Å². The molecule has 0 aromatic rings. The van der Waals surface area contributed by atoms with Crippen molar-refractivity contribution < 1.29 is 8.42 Å². The summed E-state index contributed by atoms with van der Waals surface area (Å²) in [4.78, 5) is 0. The summed E-state index contributed by atoms with van der Waals surface area (Å²) in [5.41, 5.74) is -0.394. The predicted molar refractivity (Wildman–Crippen MR) is 72.2 cm³/mol. The second-order valence-corrected chi connectivity index (χ2v) is 6.65. The molecule has 0 aliphatic rings. The van der Waals surface area contributed by atoms with E-state index in [0.717, 1.165) is 25.9 Å². The Morgan fingerprint density at radius 3 is 2.29 bits per heavy atom. The van der Waals surface area contributed by atoms with Gasteiger partial charge in [0.2, 0.25) is 0 Å². The molecule has 0 atom stereocenters. The Labute approximate surface area is 106 Å². The van der Waals surface area contributed by atoms with Gasteiger partial charge in [0.1, 0.15) is 0 Å². The fourth-order valence-electron chi connectivity index (χ4n) is 1.22. The van der Waals surface area contributed by atoms with Crippen molar-refractivity contribution in [1.82, 2.24) is 14.3 Å². The minimum absolute atomic E-state index is 0.394. The Balaban J connectivity index is 4.21. The van der Waals surface area contributed by atoms with Crippen LogP contribution in [0.2, 0.25) is 0 Å². The summed E-state index contributed by atoms with van der Waals surface area (Å²) in [6.45, 7) is 10.1. The number of nitrogens with one attached hydrogen (secondary N) is 2. The van der Waals surface area contributed by atoms with Crippen molar-refractivity contribution in [2.75, 3.05) is 26.7 Å². The van der Waals surface area contributed by atoms with Crippen molar-refractivity contribution in [3.05, 3.63) is 0 Å². The fourth-order valence-corrected chi connectivity index (χ4v) is 2.59. The molecule has 0 saturated carbocycles. The second kappa shape index (κ2) is 7.31. The molecular formula is C11H27N3O2S. The molecule has 0 aliphatic heterocycles. The average Bonchev–Trinajstić information content (AvgIpc) is 2.22. The molecule has 0 radical (unpaired) electrons. The minimum atomic E-state index is -3.36. The molecular weight excluding hydrogens is 238 g/mol. The molecule has 6 heteroatoms. The van der Waals surface area contributed by atoms with Gasteiger partial charge >= 0.3 is 0 Å². The van der Waals surface area contributed by atoms with Crippen molar-refractivity contribution in [2.45, 2.75) is 46.1 Å². The van der Waals surface area contributed by atoms with Gasteiger partial charge in [0.15, 0.2) is 0 Å². The molecule has 0 aromatic heterocycles. The monoisotopic (exact) mass is 265 g/mol. The van der Waals surface area contributed by atoms with Gasteiger partial charge in [-0.15, -0.1) is 0 Å². The molecule has 5 nitrogen and oxygen atoms in total. The quantitative estimate of drug-likeness (QED) is 0.610. The molecule has 0 amide bonds. The summed E-state index contributed by atoms with van der Waals surface area (Å²) in [6.07, 6.45) is 1.58. The van der Waals surface area contributed by atoms with Gasteiger partial charge in [-0.1, -0.05) is 13.8 Å². The maximum absolute atomic E-state index is 12.0. The Morgan fingerprint density at radius 2 is 1.82 bits per heavy atom. The molecule has 0 rings (SSSR count). The third-order valence-corrected chi connectivity index (χ3v) is 4.59. The highest BCUT2D eigenvalue weighted by Gasteiger charge is 2.25. The Kier molecular flexibility index (Phi) is 7.23. The van der Waals surface area contributed by atoms with Crippen LogP contribution in [-0.2, 0) is 10.2 Å². The summed E-state index contributed by atoms with van der Waals surface area (Å²) in [6, 6.07) is 0. The molecule has 0 unspecified atom stereocenters. The lowest BCUT2D eigenvalue weighted by atomic mass is 10.0. The van der Waals surface area contributed by atoms with Gasteiger partial charge < -0.3 is 5.32 Å². The summed E-state index contributed by atoms with van der Waals surface area (Å²) in [5.74, 6) is 0. The van der Waals surface area contributed by atoms with E-state index in [1.54, 1.807) is 7.05 Å². The van der Waals surface area contributed by atoms with Gasteiger partial charge in [-0.25, -0.2) is 0 Å². The first-order chi connectivity index (χ1) is 7.75. The van der Waals surface area contributed by atoms with Gasteiger partial charge in [0.25, 0.3) is 10.2 Å². The molecule has 0 bridgehead atoms. The highest BCUT2D eigenvalue weighted by molar-refractivity contribution is 7.87. The zero-order valence-corrected chi connectivity index (χ0v) is 12.5. The summed E-state index contributed by atoms with van der Waals surface area (Å²) < 4.78 is 28.0. The standard InChI is InChI=1S/C11H27N3O2S/c1-6-11(3,4)13-17(15,16)14(5)10-8-9-12-7-2/h12-13H,6-10H2,1-5H3. The maximum Gasteiger partial charge on any atom is 0.279 e. The van der Waals surface area contributed by atoms with Gasteiger partial charge in [0.05, 0.1) is 0 Å². The van der Waals surface area contributed by atoms with E-state index in [-0.39, 0.29) is 0 Å². The third kappa shape index (κ3) is 6.98. The van der Waals surface area contributed by atoms with E-state index >= 15 is 0 Å². The zero-order valence-electron chi connectivity index (χ0n) is 11.7. The SMILES string of the molecule is CCNCCCN(C)S(=O)(=O)NC(C)(C)CC. The Bertz CT molecular complexity index is 302. The third-order valence-electron chi connectivity index (χ3n) is 2.78. The van der Waals surface area contributed by atoms with Crippen molar-refractivity contribution >= 4 is 10.2 Å². The summed E-state index contributed by atoms with van der Waals surface area (Å²) in [5, 5.41) is 3.17. The van der Waals surface area contributed by atoms with Crippen LogP contribution < -0.4 is 10.0 Å². The van der Waals surface area contributed by atoms with Crippen molar-refractivity contribution in [3.63, 3.8) is 0 Å². The first-order valence-corrected chi connectivity index (χ1v) is 7.65. The average molecular weight is 265 g/mol. The van der Waals surface area contributed by atoms with Crippen LogP contribution in [0.1, 0.15) is 40.5 Å². The van der Waals surface area contributed by atoms with Gasteiger partial charge in [-0.05, 0) is 39.8 Å². The van der Waals surface area contributed by atoms with Crippen LogP contribution in [0, 0.1) is 0 Å². The summed E-state index contributed by atoms with van der Waals surface area (Å²) in [7, 11) is -1.75. The van der Waals surface area contributed by atoms with Crippen molar-refractivity contribution in [3.8, 4) is 0 Å². The van der Waals surface area contributed by atoms with E-state index in [2.05, 4.69) is 10.0 Å². The lowest BCUT2D eigenvalue weighted by Gasteiger charge is -2.27. The lowest BCUT2D eigenvalue weighted by molar-refractivity contribution is 0.395. The normalized spacial score (nSPS) is 13.3. The smallest absolute Gasteiger partial charge is 0.279 e. The largest absolute Gasteiger partial charge is 0.317 e. The number of nitrogens with zero attached hydrogens (tertiary/aromatic N) is 1. The lowest BCUT2D eigenvalue weighted by Crippen LogP contribution is -2.49. The van der Waals surface area contributed by atoms with Crippen LogP contribution in [0.3, 0.4) is 0 Å². The molecule has 0 heterocycles. The number of hydrogen-bond donors (Lipinski definition) is 2. The number of hydrogen-bond acceptors (Lipinski definition) is 3. The maximum atomic E-state index is 12.0. The van der Waals surface area contributed by atoms with E-state index in [4.69, 9.17) is 0 Å². The van der Waals surface area contributed by atoms with Crippen LogP contribution >= 0.6 is 0 Å². The van der Waals surface area contributed by atoms with Crippen LogP contribution in [0.15, 0.2) is 0 Å².